The van der Waals surface area contributed by atoms with Gasteiger partial charge in [-0.1, -0.05) is 23.5 Å². The van der Waals surface area contributed by atoms with E-state index in [4.69, 9.17) is 4.74 Å². The fraction of sp³-hybridized carbons (Fsp3) is 0.211. The van der Waals surface area contributed by atoms with Crippen molar-refractivity contribution in [3.8, 4) is 5.75 Å². The number of amides is 3. The molecule has 4 rings (SSSR count). The molecule has 1 aliphatic heterocycles. The minimum Gasteiger partial charge on any atom is -0.495 e. The van der Waals surface area contributed by atoms with Crippen LogP contribution >= 0.6 is 11.3 Å². The molecule has 3 heterocycles. The van der Waals surface area contributed by atoms with Gasteiger partial charge in [-0.15, -0.1) is 0 Å². The Hall–Kier alpha value is -3.53. The summed E-state index contributed by atoms with van der Waals surface area (Å²) >= 11 is 1.36. The second-order valence-electron chi connectivity index (χ2n) is 6.24. The van der Waals surface area contributed by atoms with Gasteiger partial charge < -0.3 is 15.0 Å². The lowest BCUT2D eigenvalue weighted by atomic mass is 10.2. The molecule has 0 radical (unpaired) electrons. The molecular formula is C19H18N6O3S. The number of methoxy groups -OCH3 is 1. The Kier molecular flexibility index (Phi) is 5.34. The Morgan fingerprint density at radius 1 is 1.21 bits per heavy atom. The molecule has 29 heavy (non-hydrogen) atoms. The third kappa shape index (κ3) is 4.16. The first-order chi connectivity index (χ1) is 14.1. The maximum Gasteiger partial charge on any atom is 0.322 e. The summed E-state index contributed by atoms with van der Waals surface area (Å²) in [4.78, 5) is 39.9. The Balaban J connectivity index is 1.42. The molecule has 0 atom stereocenters. The molecule has 9 nitrogen and oxygen atoms in total. The van der Waals surface area contributed by atoms with Crippen LogP contribution in [0.1, 0.15) is 21.1 Å². The first kappa shape index (κ1) is 18.8. The van der Waals surface area contributed by atoms with Crippen LogP contribution in [0.2, 0.25) is 0 Å². The molecule has 3 amide bonds. The third-order valence-corrected chi connectivity index (χ3v) is 5.38. The summed E-state index contributed by atoms with van der Waals surface area (Å²) in [6, 6.07) is 7.05. The number of fused-ring (bicyclic) bond motifs is 1. The predicted octanol–water partition coefficient (Wildman–Crippen LogP) is 2.78. The van der Waals surface area contributed by atoms with Gasteiger partial charge in [0, 0.05) is 30.2 Å². The van der Waals surface area contributed by atoms with Crippen LogP contribution < -0.4 is 15.4 Å². The van der Waals surface area contributed by atoms with Crippen molar-refractivity contribution in [2.75, 3.05) is 24.3 Å². The van der Waals surface area contributed by atoms with Crippen LogP contribution in [0.4, 0.5) is 15.6 Å². The largest absolute Gasteiger partial charge is 0.495 e. The van der Waals surface area contributed by atoms with Gasteiger partial charge in [0.05, 0.1) is 31.2 Å². The Labute approximate surface area is 170 Å². The number of benzene rings is 1. The van der Waals surface area contributed by atoms with Crippen LogP contribution in [0, 0.1) is 0 Å². The standard InChI is InChI=1S/C19H18N6O3S/c1-28-15-5-3-2-4-12(15)23-19(27)25-9-6-13-16(11-25)29-18(22-13)24-17(26)14-10-20-7-8-21-14/h2-5,7-8,10H,6,9,11H2,1H3,(H,23,27)(H,22,24,26). The van der Waals surface area contributed by atoms with Crippen molar-refractivity contribution in [3.63, 3.8) is 0 Å². The molecule has 3 aromatic rings. The van der Waals surface area contributed by atoms with E-state index in [1.165, 1.54) is 29.9 Å². The van der Waals surface area contributed by atoms with Crippen LogP contribution in [0.25, 0.3) is 0 Å². The summed E-state index contributed by atoms with van der Waals surface area (Å²) in [6.45, 7) is 0.963. The van der Waals surface area contributed by atoms with Gasteiger partial charge in [-0.05, 0) is 12.1 Å². The highest BCUT2D eigenvalue weighted by Gasteiger charge is 2.25. The fourth-order valence-corrected chi connectivity index (χ4v) is 3.96. The normalized spacial score (nSPS) is 12.8. The quantitative estimate of drug-likeness (QED) is 0.685. The van der Waals surface area contributed by atoms with Crippen LogP contribution in [-0.2, 0) is 13.0 Å². The minimum absolute atomic E-state index is 0.210. The summed E-state index contributed by atoms with van der Waals surface area (Å²) in [5.41, 5.74) is 1.73. The monoisotopic (exact) mass is 410 g/mol. The molecule has 10 heteroatoms. The van der Waals surface area contributed by atoms with Crippen molar-refractivity contribution in [2.24, 2.45) is 0 Å². The molecule has 0 saturated carbocycles. The number of urea groups is 1. The molecule has 0 unspecified atom stereocenters. The van der Waals surface area contributed by atoms with E-state index in [0.29, 0.717) is 36.1 Å². The van der Waals surface area contributed by atoms with E-state index in [9.17, 15) is 9.59 Å². The molecule has 0 fully saturated rings. The number of hydrogen-bond donors (Lipinski definition) is 2. The van der Waals surface area contributed by atoms with Crippen LogP contribution in [-0.4, -0.2) is 45.4 Å². The van der Waals surface area contributed by atoms with Crippen molar-refractivity contribution in [3.05, 3.63) is 59.1 Å². The Morgan fingerprint density at radius 3 is 2.86 bits per heavy atom. The van der Waals surface area contributed by atoms with Crippen LogP contribution in [0.15, 0.2) is 42.9 Å². The van der Waals surface area contributed by atoms with Crippen molar-refractivity contribution >= 4 is 34.1 Å². The molecule has 0 bridgehead atoms. The summed E-state index contributed by atoms with van der Waals surface area (Å²) in [7, 11) is 1.56. The zero-order valence-electron chi connectivity index (χ0n) is 15.6. The van der Waals surface area contributed by atoms with E-state index in [0.717, 1.165) is 10.6 Å². The average molecular weight is 410 g/mol. The molecule has 2 N–H and O–H groups in total. The molecule has 2 aromatic heterocycles. The van der Waals surface area contributed by atoms with E-state index in [-0.39, 0.29) is 17.6 Å². The number of para-hydroxylation sites is 2. The second-order valence-corrected chi connectivity index (χ2v) is 7.32. The van der Waals surface area contributed by atoms with Gasteiger partial charge in [-0.2, -0.15) is 0 Å². The predicted molar refractivity (Wildman–Crippen MR) is 108 cm³/mol. The first-order valence-corrected chi connectivity index (χ1v) is 9.70. The summed E-state index contributed by atoms with van der Waals surface area (Å²) in [5.74, 6) is 0.236. The molecular weight excluding hydrogens is 392 g/mol. The smallest absolute Gasteiger partial charge is 0.322 e. The molecule has 148 valence electrons. The van der Waals surface area contributed by atoms with E-state index < -0.39 is 0 Å². The van der Waals surface area contributed by atoms with E-state index >= 15 is 0 Å². The van der Waals surface area contributed by atoms with Crippen molar-refractivity contribution in [1.82, 2.24) is 19.9 Å². The second kappa shape index (κ2) is 8.23. The molecule has 0 aliphatic carbocycles. The maximum atomic E-state index is 12.7. The number of aromatic nitrogens is 3. The Morgan fingerprint density at radius 2 is 2.07 bits per heavy atom. The lowest BCUT2D eigenvalue weighted by molar-refractivity contribution is 0.102. The van der Waals surface area contributed by atoms with Gasteiger partial charge in [0.25, 0.3) is 5.91 Å². The third-order valence-electron chi connectivity index (χ3n) is 4.38. The zero-order valence-corrected chi connectivity index (χ0v) is 16.4. The molecule has 1 aliphatic rings. The number of ether oxygens (including phenoxy) is 1. The number of carbonyl (C=O) groups excluding carboxylic acids is 2. The number of thiazole rings is 1. The maximum absolute atomic E-state index is 12.7. The number of nitrogens with zero attached hydrogens (tertiary/aromatic N) is 4. The van der Waals surface area contributed by atoms with E-state index in [1.54, 1.807) is 24.1 Å². The highest BCUT2D eigenvalue weighted by Crippen LogP contribution is 2.29. The average Bonchev–Trinajstić information content (AvgIpc) is 3.16. The van der Waals surface area contributed by atoms with Crippen molar-refractivity contribution < 1.29 is 14.3 Å². The summed E-state index contributed by atoms with van der Waals surface area (Å²) < 4.78 is 5.28. The van der Waals surface area contributed by atoms with Gasteiger partial charge in [0.2, 0.25) is 0 Å². The van der Waals surface area contributed by atoms with Crippen LogP contribution in [0.5, 0.6) is 5.75 Å². The van der Waals surface area contributed by atoms with Gasteiger partial charge in [-0.3, -0.25) is 15.1 Å². The molecule has 0 spiro atoms. The van der Waals surface area contributed by atoms with Gasteiger partial charge in [-0.25, -0.2) is 14.8 Å². The SMILES string of the molecule is COc1ccccc1NC(=O)N1CCc2nc(NC(=O)c3cnccn3)sc2C1. The number of nitrogens with one attached hydrogen (secondary N) is 2. The lowest BCUT2D eigenvalue weighted by Gasteiger charge is -2.26. The molecule has 0 saturated heterocycles. The van der Waals surface area contributed by atoms with Crippen molar-refractivity contribution in [1.29, 1.82) is 0 Å². The fourth-order valence-electron chi connectivity index (χ4n) is 2.94. The summed E-state index contributed by atoms with van der Waals surface area (Å²) in [6.07, 6.45) is 4.97. The highest BCUT2D eigenvalue weighted by molar-refractivity contribution is 7.15. The first-order valence-electron chi connectivity index (χ1n) is 8.89. The summed E-state index contributed by atoms with van der Waals surface area (Å²) in [5, 5.41) is 6.11. The number of rotatable bonds is 4. The number of hydrogen-bond acceptors (Lipinski definition) is 7. The van der Waals surface area contributed by atoms with Crippen LogP contribution in [0.3, 0.4) is 0 Å². The van der Waals surface area contributed by atoms with E-state index in [1.807, 2.05) is 12.1 Å². The number of carbonyl (C=O) groups is 2. The van der Waals surface area contributed by atoms with Crippen molar-refractivity contribution in [2.45, 2.75) is 13.0 Å². The van der Waals surface area contributed by atoms with Gasteiger partial charge in [0.1, 0.15) is 11.4 Å². The Bertz CT molecular complexity index is 1040. The minimum atomic E-state index is -0.366. The topological polar surface area (TPSA) is 109 Å². The zero-order chi connectivity index (χ0) is 20.2. The lowest BCUT2D eigenvalue weighted by Crippen LogP contribution is -2.38. The number of anilines is 2. The van der Waals surface area contributed by atoms with Gasteiger partial charge in [0.15, 0.2) is 5.13 Å². The molecule has 1 aromatic carbocycles. The van der Waals surface area contributed by atoms with Gasteiger partial charge >= 0.3 is 6.03 Å². The highest BCUT2D eigenvalue weighted by atomic mass is 32.1. The van der Waals surface area contributed by atoms with E-state index in [2.05, 4.69) is 25.6 Å².